The molecule has 5 heteroatoms. The van der Waals surface area contributed by atoms with Crippen molar-refractivity contribution in [1.82, 2.24) is 19.4 Å². The Labute approximate surface area is 140 Å². The molecular formula is C19H17N5. The maximum atomic E-state index is 4.77. The topological polar surface area (TPSA) is 55.1 Å². The van der Waals surface area contributed by atoms with E-state index in [4.69, 9.17) is 4.98 Å². The van der Waals surface area contributed by atoms with E-state index in [0.29, 0.717) is 6.54 Å². The Kier molecular flexibility index (Phi) is 3.90. The second-order valence-electron chi connectivity index (χ2n) is 5.62. The largest absolute Gasteiger partial charge is 0.363 e. The van der Waals surface area contributed by atoms with Crippen LogP contribution in [0.2, 0.25) is 0 Å². The van der Waals surface area contributed by atoms with E-state index in [2.05, 4.69) is 27.4 Å². The van der Waals surface area contributed by atoms with Crippen LogP contribution in [-0.2, 0) is 13.0 Å². The van der Waals surface area contributed by atoms with Gasteiger partial charge >= 0.3 is 0 Å². The van der Waals surface area contributed by atoms with Gasteiger partial charge in [0.2, 0.25) is 0 Å². The van der Waals surface area contributed by atoms with Gasteiger partial charge in [0.05, 0.1) is 5.69 Å². The number of anilines is 1. The van der Waals surface area contributed by atoms with Crippen LogP contribution in [0.1, 0.15) is 16.8 Å². The van der Waals surface area contributed by atoms with Gasteiger partial charge in [0.25, 0.3) is 0 Å². The van der Waals surface area contributed by atoms with Crippen molar-refractivity contribution in [3.63, 3.8) is 0 Å². The molecule has 3 heterocycles. The fourth-order valence-electron chi connectivity index (χ4n) is 2.68. The van der Waals surface area contributed by atoms with Gasteiger partial charge in [0.15, 0.2) is 11.5 Å². The molecule has 4 aromatic rings. The highest BCUT2D eigenvalue weighted by Crippen LogP contribution is 2.17. The molecule has 24 heavy (non-hydrogen) atoms. The molecule has 5 nitrogen and oxygen atoms in total. The molecule has 118 valence electrons. The highest BCUT2D eigenvalue weighted by molar-refractivity contribution is 5.63. The first-order valence-electron chi connectivity index (χ1n) is 7.88. The van der Waals surface area contributed by atoms with Gasteiger partial charge in [-0.05, 0) is 17.2 Å². The highest BCUT2D eigenvalue weighted by Gasteiger charge is 2.08. The zero-order valence-corrected chi connectivity index (χ0v) is 13.1. The Morgan fingerprint density at radius 1 is 0.958 bits per heavy atom. The number of hydrogen-bond acceptors (Lipinski definition) is 4. The van der Waals surface area contributed by atoms with Crippen molar-refractivity contribution in [3.8, 4) is 0 Å². The lowest BCUT2D eigenvalue weighted by molar-refractivity contribution is 0.987. The molecule has 3 aromatic heterocycles. The van der Waals surface area contributed by atoms with E-state index in [1.807, 2.05) is 53.3 Å². The third-order valence-electron chi connectivity index (χ3n) is 3.83. The van der Waals surface area contributed by atoms with Gasteiger partial charge in [-0.15, -0.1) is 0 Å². The minimum absolute atomic E-state index is 0.665. The summed E-state index contributed by atoms with van der Waals surface area (Å²) in [6.45, 7) is 0.665. The Hall–Kier alpha value is -3.21. The second-order valence-corrected chi connectivity index (χ2v) is 5.62. The first-order chi connectivity index (χ1) is 11.9. The lowest BCUT2D eigenvalue weighted by Crippen LogP contribution is -2.06. The number of rotatable bonds is 5. The molecule has 4 rings (SSSR count). The van der Waals surface area contributed by atoms with Crippen molar-refractivity contribution >= 4 is 11.5 Å². The summed E-state index contributed by atoms with van der Waals surface area (Å²) in [5.41, 5.74) is 4.18. The molecule has 0 aliphatic carbocycles. The molecule has 0 fully saturated rings. The maximum absolute atomic E-state index is 4.77. The number of hydrogen-bond donors (Lipinski definition) is 1. The predicted molar refractivity (Wildman–Crippen MR) is 93.8 cm³/mol. The summed E-state index contributed by atoms with van der Waals surface area (Å²) in [6.07, 6.45) is 10.2. The minimum atomic E-state index is 0.665. The van der Waals surface area contributed by atoms with Crippen LogP contribution in [0.5, 0.6) is 0 Å². The van der Waals surface area contributed by atoms with E-state index < -0.39 is 0 Å². The summed E-state index contributed by atoms with van der Waals surface area (Å²) >= 11 is 0. The number of fused-ring (bicyclic) bond motifs is 1. The quantitative estimate of drug-likeness (QED) is 0.614. The van der Waals surface area contributed by atoms with Gasteiger partial charge < -0.3 is 9.72 Å². The summed E-state index contributed by atoms with van der Waals surface area (Å²) in [6, 6.07) is 14.3. The lowest BCUT2D eigenvalue weighted by Gasteiger charge is -2.10. The Bertz CT molecular complexity index is 932. The van der Waals surface area contributed by atoms with Crippen LogP contribution >= 0.6 is 0 Å². The SMILES string of the molecule is c1ccc(Cc2cn3ccnc3c(NCc3cccnc3)n2)cc1. The summed E-state index contributed by atoms with van der Waals surface area (Å²) < 4.78 is 2.01. The number of nitrogens with zero attached hydrogens (tertiary/aromatic N) is 4. The van der Waals surface area contributed by atoms with E-state index >= 15 is 0 Å². The summed E-state index contributed by atoms with van der Waals surface area (Å²) in [7, 11) is 0. The van der Waals surface area contributed by atoms with Gasteiger partial charge in [-0.25, -0.2) is 9.97 Å². The standard InChI is InChI=1S/C19H17N5/c1-2-5-15(6-3-1)11-17-14-24-10-9-21-19(24)18(23-17)22-13-16-7-4-8-20-12-16/h1-10,12,14H,11,13H2,(H,22,23). The molecule has 0 bridgehead atoms. The molecular weight excluding hydrogens is 298 g/mol. The molecule has 0 saturated carbocycles. The van der Waals surface area contributed by atoms with Crippen LogP contribution in [0.4, 0.5) is 5.82 Å². The predicted octanol–water partition coefficient (Wildman–Crippen LogP) is 3.33. The van der Waals surface area contributed by atoms with Gasteiger partial charge in [-0.1, -0.05) is 36.4 Å². The van der Waals surface area contributed by atoms with E-state index in [1.165, 1.54) is 5.56 Å². The Morgan fingerprint density at radius 3 is 2.67 bits per heavy atom. The number of benzene rings is 1. The molecule has 0 atom stereocenters. The van der Waals surface area contributed by atoms with Crippen LogP contribution in [0.3, 0.4) is 0 Å². The second kappa shape index (κ2) is 6.50. The Balaban J connectivity index is 1.62. The fourth-order valence-corrected chi connectivity index (χ4v) is 2.68. The molecule has 1 aromatic carbocycles. The van der Waals surface area contributed by atoms with Crippen LogP contribution < -0.4 is 5.32 Å². The van der Waals surface area contributed by atoms with Gasteiger partial charge in [-0.3, -0.25) is 4.98 Å². The van der Waals surface area contributed by atoms with Gasteiger partial charge in [0, 0.05) is 43.9 Å². The van der Waals surface area contributed by atoms with Crippen LogP contribution in [-0.4, -0.2) is 19.4 Å². The van der Waals surface area contributed by atoms with Crippen molar-refractivity contribution in [3.05, 3.63) is 90.3 Å². The number of pyridine rings is 1. The lowest BCUT2D eigenvalue weighted by atomic mass is 10.1. The van der Waals surface area contributed by atoms with Crippen molar-refractivity contribution in [2.24, 2.45) is 0 Å². The van der Waals surface area contributed by atoms with Crippen LogP contribution in [0.15, 0.2) is 73.4 Å². The molecule has 0 unspecified atom stereocenters. The van der Waals surface area contributed by atoms with Crippen molar-refractivity contribution in [1.29, 1.82) is 0 Å². The van der Waals surface area contributed by atoms with Gasteiger partial charge in [-0.2, -0.15) is 0 Å². The first kappa shape index (κ1) is 14.4. The zero-order valence-electron chi connectivity index (χ0n) is 13.1. The number of nitrogens with one attached hydrogen (secondary N) is 1. The average Bonchev–Trinajstić information content (AvgIpc) is 3.10. The van der Waals surface area contributed by atoms with Crippen molar-refractivity contribution in [2.45, 2.75) is 13.0 Å². The molecule has 0 aliphatic rings. The smallest absolute Gasteiger partial charge is 0.180 e. The van der Waals surface area contributed by atoms with E-state index in [-0.39, 0.29) is 0 Å². The number of aromatic nitrogens is 4. The third-order valence-corrected chi connectivity index (χ3v) is 3.83. The monoisotopic (exact) mass is 315 g/mol. The maximum Gasteiger partial charge on any atom is 0.180 e. The minimum Gasteiger partial charge on any atom is -0.363 e. The van der Waals surface area contributed by atoms with Crippen LogP contribution in [0, 0.1) is 0 Å². The highest BCUT2D eigenvalue weighted by atomic mass is 15.1. The van der Waals surface area contributed by atoms with E-state index in [9.17, 15) is 0 Å². The molecule has 0 spiro atoms. The van der Waals surface area contributed by atoms with Crippen molar-refractivity contribution in [2.75, 3.05) is 5.32 Å². The molecule has 0 radical (unpaired) electrons. The summed E-state index contributed by atoms with van der Waals surface area (Å²) in [5.74, 6) is 0.789. The zero-order chi connectivity index (χ0) is 16.2. The first-order valence-corrected chi connectivity index (χ1v) is 7.88. The Morgan fingerprint density at radius 2 is 1.83 bits per heavy atom. The van der Waals surface area contributed by atoms with Crippen LogP contribution in [0.25, 0.3) is 5.65 Å². The summed E-state index contributed by atoms with van der Waals surface area (Å²) in [5, 5.41) is 3.38. The van der Waals surface area contributed by atoms with E-state index in [0.717, 1.165) is 29.1 Å². The fraction of sp³-hybridized carbons (Fsp3) is 0.105. The van der Waals surface area contributed by atoms with E-state index in [1.54, 1.807) is 12.4 Å². The van der Waals surface area contributed by atoms with Crippen molar-refractivity contribution < 1.29 is 0 Å². The molecule has 0 amide bonds. The molecule has 1 N–H and O–H groups in total. The normalized spacial score (nSPS) is 10.8. The van der Waals surface area contributed by atoms with Gasteiger partial charge in [0.1, 0.15) is 0 Å². The third kappa shape index (κ3) is 3.10. The molecule has 0 saturated heterocycles. The average molecular weight is 315 g/mol. The number of imidazole rings is 1. The summed E-state index contributed by atoms with van der Waals surface area (Å²) in [4.78, 5) is 13.3. The molecule has 0 aliphatic heterocycles.